The van der Waals surface area contributed by atoms with E-state index in [1.54, 1.807) is 6.20 Å². The van der Waals surface area contributed by atoms with Gasteiger partial charge in [0, 0.05) is 55.9 Å². The summed E-state index contributed by atoms with van der Waals surface area (Å²) in [5.74, 6) is 1.74. The van der Waals surface area contributed by atoms with Crippen molar-refractivity contribution in [3.05, 3.63) is 65.3 Å². The first-order valence-corrected chi connectivity index (χ1v) is 12.4. The molecule has 1 fully saturated rings. The normalized spacial score (nSPS) is 14.4. The van der Waals surface area contributed by atoms with Crippen LogP contribution in [-0.4, -0.2) is 64.1 Å². The van der Waals surface area contributed by atoms with Crippen LogP contribution in [0.25, 0.3) is 22.0 Å². The fourth-order valence-electron chi connectivity index (χ4n) is 4.34. The molecule has 1 aliphatic rings. The second-order valence-electron chi connectivity index (χ2n) is 9.43. The maximum atomic E-state index is 12.7. The third-order valence-electron chi connectivity index (χ3n) is 6.11. The number of aromatic amines is 1. The summed E-state index contributed by atoms with van der Waals surface area (Å²) in [6.45, 7) is 10.0. The topological polar surface area (TPSA) is 97.3 Å². The number of hydrogen-bond donors (Lipinski definition) is 2. The minimum Gasteiger partial charge on any atom is -0.492 e. The van der Waals surface area contributed by atoms with Gasteiger partial charge < -0.3 is 19.8 Å². The third kappa shape index (κ3) is 5.75. The van der Waals surface area contributed by atoms with Gasteiger partial charge in [0.1, 0.15) is 18.2 Å². The van der Waals surface area contributed by atoms with E-state index in [0.29, 0.717) is 23.7 Å². The Morgan fingerprint density at radius 3 is 2.89 bits per heavy atom. The Bertz CT molecular complexity index is 1370. The predicted molar refractivity (Wildman–Crippen MR) is 141 cm³/mol. The number of anilines is 2. The van der Waals surface area contributed by atoms with E-state index in [-0.39, 0.29) is 5.56 Å². The predicted octanol–water partition coefficient (Wildman–Crippen LogP) is 3.90. The lowest BCUT2D eigenvalue weighted by molar-refractivity contribution is 0.0322. The highest BCUT2D eigenvalue weighted by Gasteiger charge is 2.14. The molecule has 0 radical (unpaired) electrons. The van der Waals surface area contributed by atoms with Crippen LogP contribution in [0.5, 0.6) is 5.75 Å². The molecule has 1 aromatic carbocycles. The van der Waals surface area contributed by atoms with E-state index in [4.69, 9.17) is 14.5 Å². The van der Waals surface area contributed by atoms with Crippen LogP contribution >= 0.6 is 0 Å². The van der Waals surface area contributed by atoms with E-state index in [9.17, 15) is 4.79 Å². The van der Waals surface area contributed by atoms with Crippen LogP contribution in [0.4, 0.5) is 11.5 Å². The molecule has 4 heterocycles. The van der Waals surface area contributed by atoms with Crippen LogP contribution in [0.3, 0.4) is 0 Å². The molecule has 2 N–H and O–H groups in total. The van der Waals surface area contributed by atoms with Gasteiger partial charge in [-0.3, -0.25) is 14.4 Å². The Labute approximate surface area is 210 Å². The lowest BCUT2D eigenvalue weighted by Gasteiger charge is -2.26. The summed E-state index contributed by atoms with van der Waals surface area (Å²) in [5, 5.41) is 9.15. The fourth-order valence-corrected chi connectivity index (χ4v) is 4.34. The minimum atomic E-state index is -0.192. The van der Waals surface area contributed by atoms with Gasteiger partial charge in [-0.1, -0.05) is 19.9 Å². The summed E-state index contributed by atoms with van der Waals surface area (Å²) in [4.78, 5) is 22.7. The quantitative estimate of drug-likeness (QED) is 0.369. The summed E-state index contributed by atoms with van der Waals surface area (Å²) in [6.07, 6.45) is 5.47. The van der Waals surface area contributed by atoms with Crippen LogP contribution in [0, 0.1) is 5.92 Å². The van der Waals surface area contributed by atoms with Crippen LogP contribution in [0.15, 0.2) is 59.8 Å². The monoisotopic (exact) mass is 488 g/mol. The van der Waals surface area contributed by atoms with Gasteiger partial charge in [0.25, 0.3) is 5.56 Å². The Kier molecular flexibility index (Phi) is 7.29. The van der Waals surface area contributed by atoms with Crippen molar-refractivity contribution in [2.75, 3.05) is 44.8 Å². The number of H-pyrrole nitrogens is 1. The molecule has 5 rings (SSSR count). The molecular formula is C27H32N6O3. The van der Waals surface area contributed by atoms with Crippen LogP contribution in [0.1, 0.15) is 13.8 Å². The van der Waals surface area contributed by atoms with E-state index in [1.165, 1.54) is 0 Å². The maximum absolute atomic E-state index is 12.7. The smallest absolute Gasteiger partial charge is 0.259 e. The zero-order valence-corrected chi connectivity index (χ0v) is 20.7. The van der Waals surface area contributed by atoms with E-state index < -0.39 is 0 Å². The van der Waals surface area contributed by atoms with Crippen molar-refractivity contribution in [2.24, 2.45) is 5.92 Å². The zero-order valence-electron chi connectivity index (χ0n) is 20.7. The first-order chi connectivity index (χ1) is 17.5. The van der Waals surface area contributed by atoms with Crippen LogP contribution < -0.4 is 15.6 Å². The molecule has 0 spiro atoms. The number of morpholine rings is 1. The Balaban J connectivity index is 1.38. The standard InChI is InChI=1S/C27H32N6O3/c1-19(2)17-33-18-21(16-29-33)24-14-20-6-7-28-27(34)25(20)26(31-24)30-22-4-3-5-23(15-22)36-13-10-32-8-11-35-12-9-32/h3-7,14-16,18-19H,8-13,17H2,1-2H3,(H,28,34)(H,30,31). The first-order valence-electron chi connectivity index (χ1n) is 12.4. The van der Waals surface area contributed by atoms with Crippen molar-refractivity contribution >= 4 is 22.3 Å². The van der Waals surface area contributed by atoms with Crippen molar-refractivity contribution in [3.8, 4) is 17.0 Å². The number of aromatic nitrogens is 4. The summed E-state index contributed by atoms with van der Waals surface area (Å²) in [5.41, 5.74) is 2.26. The molecule has 0 bridgehead atoms. The molecule has 9 heteroatoms. The van der Waals surface area contributed by atoms with E-state index >= 15 is 0 Å². The second kappa shape index (κ2) is 10.9. The number of rotatable bonds is 9. The summed E-state index contributed by atoms with van der Waals surface area (Å²) in [6, 6.07) is 11.5. The number of pyridine rings is 2. The van der Waals surface area contributed by atoms with Gasteiger partial charge >= 0.3 is 0 Å². The highest BCUT2D eigenvalue weighted by atomic mass is 16.5. The average molecular weight is 489 g/mol. The third-order valence-corrected chi connectivity index (χ3v) is 6.11. The number of nitrogens with one attached hydrogen (secondary N) is 2. The number of benzene rings is 1. The number of ether oxygens (including phenoxy) is 2. The molecule has 3 aromatic heterocycles. The Hall–Kier alpha value is -3.69. The lowest BCUT2D eigenvalue weighted by Crippen LogP contribution is -2.38. The molecule has 9 nitrogen and oxygen atoms in total. The molecule has 36 heavy (non-hydrogen) atoms. The van der Waals surface area contributed by atoms with Gasteiger partial charge in [-0.05, 0) is 35.6 Å². The molecule has 0 amide bonds. The SMILES string of the molecule is CC(C)Cn1cc(-c2cc3cc[nH]c(=O)c3c(Nc3cccc(OCCN4CCOCC4)c3)n2)cn1. The first kappa shape index (κ1) is 24.0. The molecule has 1 aliphatic heterocycles. The van der Waals surface area contributed by atoms with Crippen molar-refractivity contribution in [1.29, 1.82) is 0 Å². The molecule has 188 valence electrons. The zero-order chi connectivity index (χ0) is 24.9. The number of nitrogens with zero attached hydrogens (tertiary/aromatic N) is 4. The molecule has 4 aromatic rings. The summed E-state index contributed by atoms with van der Waals surface area (Å²) >= 11 is 0. The summed E-state index contributed by atoms with van der Waals surface area (Å²) in [7, 11) is 0. The summed E-state index contributed by atoms with van der Waals surface area (Å²) < 4.78 is 13.3. The van der Waals surface area contributed by atoms with Gasteiger partial charge in [-0.25, -0.2) is 4.98 Å². The van der Waals surface area contributed by atoms with Crippen LogP contribution in [-0.2, 0) is 11.3 Å². The van der Waals surface area contributed by atoms with Gasteiger partial charge in [-0.2, -0.15) is 5.10 Å². The second-order valence-corrected chi connectivity index (χ2v) is 9.43. The van der Waals surface area contributed by atoms with E-state index in [2.05, 4.69) is 34.1 Å². The number of fused-ring (bicyclic) bond motifs is 1. The van der Waals surface area contributed by atoms with Gasteiger partial charge in [-0.15, -0.1) is 0 Å². The molecule has 0 saturated carbocycles. The molecule has 1 saturated heterocycles. The van der Waals surface area contributed by atoms with Crippen molar-refractivity contribution < 1.29 is 9.47 Å². The number of hydrogen-bond acceptors (Lipinski definition) is 7. The minimum absolute atomic E-state index is 0.192. The van der Waals surface area contributed by atoms with Crippen molar-refractivity contribution in [1.82, 2.24) is 24.6 Å². The molecular weight excluding hydrogens is 456 g/mol. The van der Waals surface area contributed by atoms with Crippen molar-refractivity contribution in [2.45, 2.75) is 20.4 Å². The van der Waals surface area contributed by atoms with Gasteiger partial charge in [0.05, 0.1) is 30.5 Å². The van der Waals surface area contributed by atoms with Gasteiger partial charge in [0.15, 0.2) is 0 Å². The van der Waals surface area contributed by atoms with Crippen molar-refractivity contribution in [3.63, 3.8) is 0 Å². The fraction of sp³-hybridized carbons (Fsp3) is 0.370. The molecule has 0 atom stereocenters. The Morgan fingerprint density at radius 2 is 2.06 bits per heavy atom. The van der Waals surface area contributed by atoms with Crippen LogP contribution in [0.2, 0.25) is 0 Å². The average Bonchev–Trinajstić information content (AvgIpc) is 3.33. The van der Waals surface area contributed by atoms with E-state index in [0.717, 1.165) is 67.5 Å². The lowest BCUT2D eigenvalue weighted by atomic mass is 10.1. The highest BCUT2D eigenvalue weighted by Crippen LogP contribution is 2.29. The highest BCUT2D eigenvalue weighted by molar-refractivity contribution is 5.95. The van der Waals surface area contributed by atoms with E-state index in [1.807, 2.05) is 53.5 Å². The molecule has 0 aliphatic carbocycles. The largest absolute Gasteiger partial charge is 0.492 e. The molecule has 0 unspecified atom stereocenters. The Morgan fingerprint density at radius 1 is 1.19 bits per heavy atom. The maximum Gasteiger partial charge on any atom is 0.259 e. The van der Waals surface area contributed by atoms with Gasteiger partial charge in [0.2, 0.25) is 0 Å².